The van der Waals surface area contributed by atoms with Crippen molar-refractivity contribution < 1.29 is 0 Å². The lowest BCUT2D eigenvalue weighted by atomic mass is 9.87. The fourth-order valence-corrected chi connectivity index (χ4v) is 2.08. The van der Waals surface area contributed by atoms with E-state index < -0.39 is 0 Å². The standard InChI is InChI=1S/C16H23N3/c1-5-19-15(10-11-18-19)12-17-14-8-6-13(7-9-14)16(2,3)4/h6-11,17H,5,12H2,1-4H3. The van der Waals surface area contributed by atoms with E-state index in [2.05, 4.69) is 68.4 Å². The Hall–Kier alpha value is -1.77. The summed E-state index contributed by atoms with van der Waals surface area (Å²) >= 11 is 0. The smallest absolute Gasteiger partial charge is 0.0575 e. The molecule has 1 aromatic carbocycles. The van der Waals surface area contributed by atoms with Crippen LogP contribution in [-0.2, 0) is 18.5 Å². The van der Waals surface area contributed by atoms with Crippen molar-refractivity contribution in [3.05, 3.63) is 47.8 Å². The molecular weight excluding hydrogens is 234 g/mol. The molecule has 0 bridgehead atoms. The zero-order valence-electron chi connectivity index (χ0n) is 12.3. The maximum Gasteiger partial charge on any atom is 0.0575 e. The highest BCUT2D eigenvalue weighted by molar-refractivity contribution is 5.46. The van der Waals surface area contributed by atoms with Gasteiger partial charge in [-0.15, -0.1) is 0 Å². The van der Waals surface area contributed by atoms with Crippen molar-refractivity contribution in [3.8, 4) is 0 Å². The maximum atomic E-state index is 4.27. The molecule has 0 spiro atoms. The summed E-state index contributed by atoms with van der Waals surface area (Å²) in [5, 5.41) is 7.71. The number of hydrogen-bond donors (Lipinski definition) is 1. The molecule has 0 radical (unpaired) electrons. The minimum absolute atomic E-state index is 0.208. The Morgan fingerprint density at radius 1 is 1.11 bits per heavy atom. The van der Waals surface area contributed by atoms with E-state index in [0.29, 0.717) is 0 Å². The second kappa shape index (κ2) is 5.47. The fourth-order valence-electron chi connectivity index (χ4n) is 2.08. The lowest BCUT2D eigenvalue weighted by Crippen LogP contribution is -2.11. The Morgan fingerprint density at radius 3 is 2.37 bits per heavy atom. The molecule has 3 nitrogen and oxygen atoms in total. The van der Waals surface area contributed by atoms with E-state index in [-0.39, 0.29) is 5.41 Å². The molecule has 0 atom stereocenters. The SMILES string of the molecule is CCn1nccc1CNc1ccc(C(C)(C)C)cc1. The van der Waals surface area contributed by atoms with Crippen molar-refractivity contribution in [3.63, 3.8) is 0 Å². The summed E-state index contributed by atoms with van der Waals surface area (Å²) in [6, 6.07) is 10.7. The first-order valence-electron chi connectivity index (χ1n) is 6.86. The van der Waals surface area contributed by atoms with Crippen LogP contribution in [0.5, 0.6) is 0 Å². The highest BCUT2D eigenvalue weighted by Crippen LogP contribution is 2.23. The van der Waals surface area contributed by atoms with Crippen molar-refractivity contribution >= 4 is 5.69 Å². The van der Waals surface area contributed by atoms with Gasteiger partial charge < -0.3 is 5.32 Å². The van der Waals surface area contributed by atoms with Gasteiger partial charge in [0, 0.05) is 18.4 Å². The number of anilines is 1. The number of benzene rings is 1. The summed E-state index contributed by atoms with van der Waals surface area (Å²) in [5.41, 5.74) is 3.93. The van der Waals surface area contributed by atoms with Gasteiger partial charge in [-0.05, 0) is 36.1 Å². The van der Waals surface area contributed by atoms with E-state index >= 15 is 0 Å². The molecule has 0 amide bonds. The third-order valence-corrected chi connectivity index (χ3v) is 3.33. The number of rotatable bonds is 4. The van der Waals surface area contributed by atoms with Crippen LogP contribution >= 0.6 is 0 Å². The highest BCUT2D eigenvalue weighted by Gasteiger charge is 2.12. The Bertz CT molecular complexity index is 518. The van der Waals surface area contributed by atoms with Crippen LogP contribution in [-0.4, -0.2) is 9.78 Å². The van der Waals surface area contributed by atoms with Gasteiger partial charge in [-0.2, -0.15) is 5.10 Å². The zero-order valence-corrected chi connectivity index (χ0v) is 12.3. The number of aryl methyl sites for hydroxylation is 1. The highest BCUT2D eigenvalue weighted by atomic mass is 15.3. The van der Waals surface area contributed by atoms with Crippen LogP contribution in [0.1, 0.15) is 39.0 Å². The molecule has 19 heavy (non-hydrogen) atoms. The Morgan fingerprint density at radius 2 is 1.79 bits per heavy atom. The monoisotopic (exact) mass is 257 g/mol. The molecule has 2 rings (SSSR count). The van der Waals surface area contributed by atoms with Crippen molar-refractivity contribution in [1.82, 2.24) is 9.78 Å². The van der Waals surface area contributed by atoms with Crippen LogP contribution in [0.25, 0.3) is 0 Å². The molecule has 0 unspecified atom stereocenters. The third-order valence-electron chi connectivity index (χ3n) is 3.33. The summed E-state index contributed by atoms with van der Waals surface area (Å²) < 4.78 is 2.01. The topological polar surface area (TPSA) is 29.9 Å². The summed E-state index contributed by atoms with van der Waals surface area (Å²) in [6.07, 6.45) is 1.85. The molecule has 1 heterocycles. The quantitative estimate of drug-likeness (QED) is 0.902. The maximum absolute atomic E-state index is 4.27. The Labute approximate surface area is 115 Å². The second-order valence-corrected chi connectivity index (χ2v) is 5.82. The fraction of sp³-hybridized carbons (Fsp3) is 0.438. The lowest BCUT2D eigenvalue weighted by Gasteiger charge is -2.19. The van der Waals surface area contributed by atoms with Crippen molar-refractivity contribution in [1.29, 1.82) is 0 Å². The molecule has 0 aliphatic carbocycles. The average molecular weight is 257 g/mol. The first kappa shape index (κ1) is 13.7. The summed E-state index contributed by atoms with van der Waals surface area (Å²) in [6.45, 7) is 10.5. The molecule has 1 aromatic heterocycles. The van der Waals surface area contributed by atoms with Crippen LogP contribution in [0.15, 0.2) is 36.5 Å². The summed E-state index contributed by atoms with van der Waals surface area (Å²) in [5.74, 6) is 0. The van der Waals surface area contributed by atoms with Crippen LogP contribution < -0.4 is 5.32 Å². The third kappa shape index (κ3) is 3.37. The van der Waals surface area contributed by atoms with E-state index in [0.717, 1.165) is 18.8 Å². The molecule has 3 heteroatoms. The first-order valence-corrected chi connectivity index (χ1v) is 6.86. The largest absolute Gasteiger partial charge is 0.379 e. The minimum atomic E-state index is 0.208. The normalized spacial score (nSPS) is 11.6. The van der Waals surface area contributed by atoms with E-state index in [4.69, 9.17) is 0 Å². The van der Waals surface area contributed by atoms with Gasteiger partial charge >= 0.3 is 0 Å². The van der Waals surface area contributed by atoms with Gasteiger partial charge in [0.25, 0.3) is 0 Å². The molecule has 0 saturated carbocycles. The molecule has 0 aliphatic rings. The Kier molecular flexibility index (Phi) is 3.93. The second-order valence-electron chi connectivity index (χ2n) is 5.82. The summed E-state index contributed by atoms with van der Waals surface area (Å²) in [7, 11) is 0. The van der Waals surface area contributed by atoms with E-state index in [9.17, 15) is 0 Å². The molecule has 0 saturated heterocycles. The van der Waals surface area contributed by atoms with Gasteiger partial charge in [-0.25, -0.2) is 0 Å². The predicted octanol–water partition coefficient (Wildman–Crippen LogP) is 3.81. The van der Waals surface area contributed by atoms with Crippen molar-refractivity contribution in [2.45, 2.75) is 46.2 Å². The molecule has 2 aromatic rings. The molecular formula is C16H23N3. The van der Waals surface area contributed by atoms with Gasteiger partial charge in [0.2, 0.25) is 0 Å². The number of aromatic nitrogens is 2. The van der Waals surface area contributed by atoms with Gasteiger partial charge in [0.1, 0.15) is 0 Å². The van der Waals surface area contributed by atoms with Gasteiger partial charge in [-0.1, -0.05) is 32.9 Å². The summed E-state index contributed by atoms with van der Waals surface area (Å²) in [4.78, 5) is 0. The Balaban J connectivity index is 2.01. The average Bonchev–Trinajstić information content (AvgIpc) is 2.83. The van der Waals surface area contributed by atoms with Crippen LogP contribution in [0, 0.1) is 0 Å². The van der Waals surface area contributed by atoms with Crippen LogP contribution in [0.4, 0.5) is 5.69 Å². The van der Waals surface area contributed by atoms with E-state index in [1.54, 1.807) is 0 Å². The van der Waals surface area contributed by atoms with E-state index in [1.165, 1.54) is 11.3 Å². The van der Waals surface area contributed by atoms with Crippen molar-refractivity contribution in [2.75, 3.05) is 5.32 Å². The number of nitrogens with one attached hydrogen (secondary N) is 1. The van der Waals surface area contributed by atoms with Crippen LogP contribution in [0.3, 0.4) is 0 Å². The molecule has 0 fully saturated rings. The van der Waals surface area contributed by atoms with E-state index in [1.807, 2.05) is 10.9 Å². The first-order chi connectivity index (χ1) is 9.00. The predicted molar refractivity (Wildman–Crippen MR) is 80.4 cm³/mol. The molecule has 0 aliphatic heterocycles. The minimum Gasteiger partial charge on any atom is -0.379 e. The molecule has 1 N–H and O–H groups in total. The van der Waals surface area contributed by atoms with Gasteiger partial charge in [-0.3, -0.25) is 4.68 Å². The number of nitrogens with zero attached hydrogens (tertiary/aromatic N) is 2. The van der Waals surface area contributed by atoms with Crippen molar-refractivity contribution in [2.24, 2.45) is 0 Å². The van der Waals surface area contributed by atoms with Gasteiger partial charge in [0.15, 0.2) is 0 Å². The molecule has 102 valence electrons. The lowest BCUT2D eigenvalue weighted by molar-refractivity contribution is 0.590. The van der Waals surface area contributed by atoms with Gasteiger partial charge in [0.05, 0.1) is 12.2 Å². The van der Waals surface area contributed by atoms with Crippen LogP contribution in [0.2, 0.25) is 0 Å². The zero-order chi connectivity index (χ0) is 13.9. The number of hydrogen-bond acceptors (Lipinski definition) is 2.